The second-order valence-corrected chi connectivity index (χ2v) is 2.11. The summed E-state index contributed by atoms with van der Waals surface area (Å²) in [5, 5.41) is 9.14. The van der Waals surface area contributed by atoms with Crippen molar-refractivity contribution in [3.8, 4) is 5.88 Å². The van der Waals surface area contributed by atoms with Crippen molar-refractivity contribution >= 4 is 5.78 Å². The first-order valence-electron chi connectivity index (χ1n) is 5.03. The Hall–Kier alpha value is -1.78. The molecule has 0 bridgehead atoms. The molecule has 2 heterocycles. The average molecular weight is 211 g/mol. The lowest BCUT2D eigenvalue weighted by Gasteiger charge is -1.94. The third kappa shape index (κ3) is 3.12. The number of aromatic hydroxyl groups is 1. The number of aromatic nitrogens is 3. The molecule has 0 amide bonds. The number of hydrogen-bond acceptors (Lipinski definition) is 3. The molecule has 0 saturated carbocycles. The molecule has 0 fully saturated rings. The lowest BCUT2D eigenvalue weighted by Crippen LogP contribution is -2.06. The summed E-state index contributed by atoms with van der Waals surface area (Å²) in [6, 6.07) is 1.09. The highest BCUT2D eigenvalue weighted by atomic mass is 16.3. The molecule has 0 aliphatic heterocycles. The lowest BCUT2D eigenvalue weighted by atomic mass is 10.6. The van der Waals surface area contributed by atoms with Gasteiger partial charge in [-0.25, -0.2) is 4.98 Å². The van der Waals surface area contributed by atoms with E-state index >= 15 is 0 Å². The smallest absolute Gasteiger partial charge is 0.256 e. The van der Waals surface area contributed by atoms with Crippen LogP contribution in [0.4, 0.5) is 0 Å². The van der Waals surface area contributed by atoms with E-state index in [4.69, 9.17) is 5.11 Å². The molecule has 0 aromatic carbocycles. The van der Waals surface area contributed by atoms with Gasteiger partial charge in [-0.1, -0.05) is 27.7 Å². The van der Waals surface area contributed by atoms with Crippen LogP contribution >= 0.6 is 0 Å². The summed E-state index contributed by atoms with van der Waals surface area (Å²) in [7, 11) is 0. The molecule has 0 aliphatic carbocycles. The van der Waals surface area contributed by atoms with Crippen LogP contribution in [0.5, 0.6) is 5.88 Å². The maximum atomic E-state index is 10.7. The van der Waals surface area contributed by atoms with Gasteiger partial charge in [0.1, 0.15) is 0 Å². The SMILES string of the molecule is CC.CC.O=c1cc(O)n2ccnc2[nH]1. The summed E-state index contributed by atoms with van der Waals surface area (Å²) in [5.74, 6) is 0.233. The van der Waals surface area contributed by atoms with Crippen molar-refractivity contribution in [2.24, 2.45) is 0 Å². The third-order valence-electron chi connectivity index (χ3n) is 1.38. The molecule has 0 saturated heterocycles. The number of aromatic amines is 1. The van der Waals surface area contributed by atoms with E-state index in [2.05, 4.69) is 9.97 Å². The number of fused-ring (bicyclic) bond motifs is 1. The molecule has 15 heavy (non-hydrogen) atoms. The Kier molecular flexibility index (Phi) is 5.85. The highest BCUT2D eigenvalue weighted by molar-refractivity contribution is 5.31. The molecule has 2 aromatic heterocycles. The van der Waals surface area contributed by atoms with Gasteiger partial charge < -0.3 is 5.11 Å². The molecule has 5 nitrogen and oxygen atoms in total. The summed E-state index contributed by atoms with van der Waals surface area (Å²) >= 11 is 0. The molecule has 0 unspecified atom stereocenters. The van der Waals surface area contributed by atoms with Crippen LogP contribution in [0.1, 0.15) is 27.7 Å². The maximum absolute atomic E-state index is 10.7. The molecule has 0 radical (unpaired) electrons. The first-order chi connectivity index (χ1) is 7.27. The van der Waals surface area contributed by atoms with Crippen molar-refractivity contribution in [2.75, 3.05) is 0 Å². The Morgan fingerprint density at radius 3 is 2.53 bits per heavy atom. The normalized spacial score (nSPS) is 8.53. The predicted octanol–water partition coefficient (Wildman–Crippen LogP) is 1.78. The minimum absolute atomic E-state index is 0.110. The Labute approximate surface area is 88.4 Å². The van der Waals surface area contributed by atoms with Gasteiger partial charge in [0.15, 0.2) is 0 Å². The number of H-pyrrole nitrogens is 1. The number of nitrogens with zero attached hydrogens (tertiary/aromatic N) is 2. The van der Waals surface area contributed by atoms with Crippen molar-refractivity contribution in [2.45, 2.75) is 27.7 Å². The Balaban J connectivity index is 0.000000442. The monoisotopic (exact) mass is 211 g/mol. The summed E-state index contributed by atoms with van der Waals surface area (Å²) in [4.78, 5) is 17.0. The zero-order valence-electron chi connectivity index (χ0n) is 9.48. The van der Waals surface area contributed by atoms with E-state index in [-0.39, 0.29) is 11.4 Å². The highest BCUT2D eigenvalue weighted by Gasteiger charge is 1.98. The van der Waals surface area contributed by atoms with Crippen LogP contribution < -0.4 is 5.56 Å². The summed E-state index contributed by atoms with van der Waals surface area (Å²) in [6.45, 7) is 8.00. The third-order valence-corrected chi connectivity index (χ3v) is 1.38. The van der Waals surface area contributed by atoms with E-state index in [0.29, 0.717) is 5.78 Å². The predicted molar refractivity (Wildman–Crippen MR) is 60.2 cm³/mol. The van der Waals surface area contributed by atoms with Gasteiger partial charge in [0.25, 0.3) is 5.56 Å². The van der Waals surface area contributed by atoms with Crippen molar-refractivity contribution in [1.82, 2.24) is 14.4 Å². The average Bonchev–Trinajstić information content (AvgIpc) is 2.72. The first-order valence-corrected chi connectivity index (χ1v) is 5.03. The fourth-order valence-electron chi connectivity index (χ4n) is 0.914. The van der Waals surface area contributed by atoms with Crippen LogP contribution in [0.25, 0.3) is 5.78 Å². The van der Waals surface area contributed by atoms with Crippen LogP contribution in [0.15, 0.2) is 23.3 Å². The molecule has 2 N–H and O–H groups in total. The molecule has 5 heteroatoms. The molecule has 2 aromatic rings. The van der Waals surface area contributed by atoms with Gasteiger partial charge in [-0.05, 0) is 0 Å². The lowest BCUT2D eigenvalue weighted by molar-refractivity contribution is 0.444. The number of imidazole rings is 1. The number of hydrogen-bond donors (Lipinski definition) is 2. The second-order valence-electron chi connectivity index (χ2n) is 2.11. The Morgan fingerprint density at radius 1 is 1.33 bits per heavy atom. The summed E-state index contributed by atoms with van der Waals surface area (Å²) in [5.41, 5.74) is -0.360. The van der Waals surface area contributed by atoms with E-state index in [1.54, 1.807) is 6.20 Å². The van der Waals surface area contributed by atoms with E-state index < -0.39 is 0 Å². The van der Waals surface area contributed by atoms with Gasteiger partial charge >= 0.3 is 0 Å². The Morgan fingerprint density at radius 2 is 1.93 bits per heavy atom. The number of nitrogens with one attached hydrogen (secondary N) is 1. The first kappa shape index (κ1) is 13.2. The van der Waals surface area contributed by atoms with Crippen LogP contribution in [-0.4, -0.2) is 19.5 Å². The van der Waals surface area contributed by atoms with Gasteiger partial charge in [-0.2, -0.15) is 0 Å². The van der Waals surface area contributed by atoms with E-state index in [0.717, 1.165) is 6.07 Å². The molecule has 84 valence electrons. The molecule has 0 atom stereocenters. The van der Waals surface area contributed by atoms with Crippen molar-refractivity contribution in [1.29, 1.82) is 0 Å². The zero-order valence-corrected chi connectivity index (χ0v) is 9.48. The van der Waals surface area contributed by atoms with Gasteiger partial charge in [-0.3, -0.25) is 14.2 Å². The fourth-order valence-corrected chi connectivity index (χ4v) is 0.914. The highest BCUT2D eigenvalue weighted by Crippen LogP contribution is 2.04. The minimum atomic E-state index is -0.360. The topological polar surface area (TPSA) is 70.4 Å². The largest absolute Gasteiger partial charge is 0.494 e. The van der Waals surface area contributed by atoms with E-state index in [1.807, 2.05) is 27.7 Å². The Bertz CT molecular complexity index is 445. The van der Waals surface area contributed by atoms with Crippen LogP contribution in [0, 0.1) is 0 Å². The summed E-state index contributed by atoms with van der Waals surface area (Å²) in [6.07, 6.45) is 3.05. The van der Waals surface area contributed by atoms with E-state index in [1.165, 1.54) is 10.6 Å². The van der Waals surface area contributed by atoms with Crippen molar-refractivity contribution in [3.63, 3.8) is 0 Å². The minimum Gasteiger partial charge on any atom is -0.494 e. The molecular weight excluding hydrogens is 194 g/mol. The van der Waals surface area contributed by atoms with E-state index in [9.17, 15) is 4.79 Å². The summed E-state index contributed by atoms with van der Waals surface area (Å²) < 4.78 is 1.38. The van der Waals surface area contributed by atoms with Gasteiger partial charge in [0.2, 0.25) is 11.7 Å². The zero-order chi connectivity index (χ0) is 11.8. The quantitative estimate of drug-likeness (QED) is 0.697. The fraction of sp³-hybridized carbons (Fsp3) is 0.400. The van der Waals surface area contributed by atoms with Crippen LogP contribution in [0.2, 0.25) is 0 Å². The van der Waals surface area contributed by atoms with Crippen LogP contribution in [-0.2, 0) is 0 Å². The molecule has 0 aliphatic rings. The van der Waals surface area contributed by atoms with Gasteiger partial charge in [0.05, 0.1) is 6.07 Å². The molecule has 2 rings (SSSR count). The van der Waals surface area contributed by atoms with Crippen LogP contribution in [0.3, 0.4) is 0 Å². The van der Waals surface area contributed by atoms with Gasteiger partial charge in [-0.15, -0.1) is 0 Å². The second kappa shape index (κ2) is 6.64. The number of rotatable bonds is 0. The van der Waals surface area contributed by atoms with Crippen molar-refractivity contribution in [3.05, 3.63) is 28.8 Å². The van der Waals surface area contributed by atoms with Crippen molar-refractivity contribution < 1.29 is 5.11 Å². The molecular formula is C10H17N3O2. The standard InChI is InChI=1S/C6H5N3O2.2C2H6/c10-4-3-5(11)9-2-1-7-6(9)8-4;2*1-2/h1-3,11H,(H,7,8,10);2*1-2H3. The molecule has 0 spiro atoms. The van der Waals surface area contributed by atoms with Gasteiger partial charge in [0, 0.05) is 12.4 Å². The maximum Gasteiger partial charge on any atom is 0.256 e.